The number of aliphatic hydroxyl groups is 2. The number of unbranched alkanes of at least 4 members (excludes halogenated alkanes) is 1. The van der Waals surface area contributed by atoms with E-state index in [2.05, 4.69) is 0 Å². The number of anilines is 1. The molecule has 156 valence electrons. The van der Waals surface area contributed by atoms with Crippen LogP contribution in [0.3, 0.4) is 0 Å². The standard InChI is InChI=1S/C20H29NO6S/c1-28(26,27)21(15-6-4-2-3-5-8-18(22)23)17-11-9-16(10-12-17)19(24)20(25)13-7-14-20/h2,4,9-12,19,24-25H,3,5-8,13-15H2,1H3,(H,22,23)/b4-2-. The van der Waals surface area contributed by atoms with E-state index in [1.165, 1.54) is 4.31 Å². The fraction of sp³-hybridized carbons (Fsp3) is 0.550. The van der Waals surface area contributed by atoms with Crippen molar-refractivity contribution in [3.8, 4) is 0 Å². The van der Waals surface area contributed by atoms with E-state index in [0.29, 0.717) is 43.4 Å². The van der Waals surface area contributed by atoms with Crippen molar-refractivity contribution in [2.45, 2.75) is 56.7 Å². The van der Waals surface area contributed by atoms with Gasteiger partial charge >= 0.3 is 5.97 Å². The number of hydrogen-bond acceptors (Lipinski definition) is 5. The normalized spacial score (nSPS) is 17.2. The van der Waals surface area contributed by atoms with Gasteiger partial charge in [-0.15, -0.1) is 0 Å². The molecule has 0 saturated heterocycles. The monoisotopic (exact) mass is 411 g/mol. The Hall–Kier alpha value is -1.90. The van der Waals surface area contributed by atoms with E-state index in [-0.39, 0.29) is 13.0 Å². The lowest BCUT2D eigenvalue weighted by Gasteiger charge is -2.40. The first-order chi connectivity index (χ1) is 13.1. The highest BCUT2D eigenvalue weighted by molar-refractivity contribution is 7.92. The lowest BCUT2D eigenvalue weighted by molar-refractivity contribution is -0.137. The second-order valence-corrected chi connectivity index (χ2v) is 9.24. The molecule has 1 aromatic carbocycles. The van der Waals surface area contributed by atoms with Crippen molar-refractivity contribution in [2.24, 2.45) is 0 Å². The average molecular weight is 412 g/mol. The summed E-state index contributed by atoms with van der Waals surface area (Å²) >= 11 is 0. The molecule has 2 rings (SSSR count). The highest BCUT2D eigenvalue weighted by atomic mass is 32.2. The molecular formula is C20H29NO6S. The SMILES string of the molecule is CS(=O)(=O)N(CC/C=C\CCCC(=O)O)c1ccc(C(O)C2(O)CCC2)cc1. The number of aliphatic carboxylic acids is 1. The highest BCUT2D eigenvalue weighted by Crippen LogP contribution is 2.42. The minimum atomic E-state index is -3.47. The zero-order valence-electron chi connectivity index (χ0n) is 16.1. The maximum absolute atomic E-state index is 12.2. The molecule has 0 aromatic heterocycles. The number of carbonyl (C=O) groups is 1. The van der Waals surface area contributed by atoms with E-state index in [1.54, 1.807) is 24.3 Å². The van der Waals surface area contributed by atoms with E-state index in [1.807, 2.05) is 12.2 Å². The predicted molar refractivity (Wildman–Crippen MR) is 108 cm³/mol. The molecule has 1 fully saturated rings. The van der Waals surface area contributed by atoms with Crippen LogP contribution in [0.15, 0.2) is 36.4 Å². The van der Waals surface area contributed by atoms with Crippen molar-refractivity contribution in [1.82, 2.24) is 0 Å². The maximum atomic E-state index is 12.2. The van der Waals surface area contributed by atoms with Gasteiger partial charge in [-0.2, -0.15) is 0 Å². The molecular weight excluding hydrogens is 382 g/mol. The Kier molecular flexibility index (Phi) is 7.63. The zero-order chi connectivity index (χ0) is 20.8. The van der Waals surface area contributed by atoms with Gasteiger partial charge < -0.3 is 15.3 Å². The number of hydrogen-bond donors (Lipinski definition) is 3. The van der Waals surface area contributed by atoms with Crippen molar-refractivity contribution in [3.05, 3.63) is 42.0 Å². The molecule has 0 spiro atoms. The number of nitrogens with zero attached hydrogens (tertiary/aromatic N) is 1. The van der Waals surface area contributed by atoms with Crippen molar-refractivity contribution in [2.75, 3.05) is 17.1 Å². The van der Waals surface area contributed by atoms with Crippen molar-refractivity contribution in [3.63, 3.8) is 0 Å². The molecule has 1 aliphatic rings. The van der Waals surface area contributed by atoms with Crippen LogP contribution in [0.1, 0.15) is 56.6 Å². The van der Waals surface area contributed by atoms with Gasteiger partial charge in [0.05, 0.1) is 17.5 Å². The molecule has 0 amide bonds. The summed E-state index contributed by atoms with van der Waals surface area (Å²) in [4.78, 5) is 10.5. The molecule has 1 saturated carbocycles. The largest absolute Gasteiger partial charge is 0.481 e. The second-order valence-electron chi connectivity index (χ2n) is 7.33. The van der Waals surface area contributed by atoms with E-state index < -0.39 is 27.7 Å². The van der Waals surface area contributed by atoms with Crippen LogP contribution in [0, 0.1) is 0 Å². The Labute approximate surface area is 166 Å². The maximum Gasteiger partial charge on any atom is 0.303 e. The van der Waals surface area contributed by atoms with E-state index in [4.69, 9.17) is 5.11 Å². The summed E-state index contributed by atoms with van der Waals surface area (Å²) < 4.78 is 25.6. The predicted octanol–water partition coefficient (Wildman–Crippen LogP) is 2.60. The van der Waals surface area contributed by atoms with Crippen LogP contribution in [-0.2, 0) is 14.8 Å². The molecule has 3 N–H and O–H groups in total. The van der Waals surface area contributed by atoms with E-state index in [0.717, 1.165) is 12.7 Å². The van der Waals surface area contributed by atoms with E-state index in [9.17, 15) is 23.4 Å². The summed E-state index contributed by atoms with van der Waals surface area (Å²) in [5.74, 6) is -0.824. The van der Waals surface area contributed by atoms with Gasteiger partial charge in [-0.25, -0.2) is 8.42 Å². The summed E-state index contributed by atoms with van der Waals surface area (Å²) in [6.45, 7) is 0.264. The summed E-state index contributed by atoms with van der Waals surface area (Å²) in [6, 6.07) is 6.57. The first kappa shape index (κ1) is 22.4. The number of rotatable bonds is 11. The molecule has 8 heteroatoms. The minimum Gasteiger partial charge on any atom is -0.481 e. The first-order valence-electron chi connectivity index (χ1n) is 9.48. The summed E-state index contributed by atoms with van der Waals surface area (Å²) in [5.41, 5.74) is -0.0141. The average Bonchev–Trinajstić information content (AvgIpc) is 2.60. The highest BCUT2D eigenvalue weighted by Gasteiger charge is 2.42. The Morgan fingerprint density at radius 2 is 1.82 bits per heavy atom. The van der Waals surface area contributed by atoms with Crippen molar-refractivity contribution in [1.29, 1.82) is 0 Å². The van der Waals surface area contributed by atoms with Gasteiger partial charge in [-0.3, -0.25) is 9.10 Å². The van der Waals surface area contributed by atoms with Gasteiger partial charge in [-0.05, 0) is 56.2 Å². The van der Waals surface area contributed by atoms with Gasteiger partial charge in [0.25, 0.3) is 0 Å². The van der Waals surface area contributed by atoms with Crippen LogP contribution < -0.4 is 4.31 Å². The molecule has 1 aliphatic carbocycles. The number of sulfonamides is 1. The van der Waals surface area contributed by atoms with Gasteiger partial charge in [0.1, 0.15) is 6.10 Å². The Morgan fingerprint density at radius 1 is 1.21 bits per heavy atom. The van der Waals surface area contributed by atoms with Crippen molar-refractivity contribution < 1.29 is 28.5 Å². The van der Waals surface area contributed by atoms with Gasteiger partial charge in [0.2, 0.25) is 10.0 Å². The molecule has 1 unspecified atom stereocenters. The Bertz CT molecular complexity index is 783. The number of carboxylic acids is 1. The molecule has 1 aromatic rings. The van der Waals surface area contributed by atoms with Crippen LogP contribution in [0.5, 0.6) is 0 Å². The number of allylic oxidation sites excluding steroid dienone is 1. The zero-order valence-corrected chi connectivity index (χ0v) is 16.9. The third-order valence-corrected chi connectivity index (χ3v) is 6.25. The molecule has 7 nitrogen and oxygen atoms in total. The van der Waals surface area contributed by atoms with Crippen LogP contribution in [0.25, 0.3) is 0 Å². The lowest BCUT2D eigenvalue weighted by Crippen LogP contribution is -2.43. The Morgan fingerprint density at radius 3 is 2.32 bits per heavy atom. The van der Waals surface area contributed by atoms with Crippen LogP contribution in [-0.4, -0.2) is 48.1 Å². The van der Waals surface area contributed by atoms with Crippen LogP contribution in [0.4, 0.5) is 5.69 Å². The fourth-order valence-corrected chi connectivity index (χ4v) is 4.17. The summed E-state index contributed by atoms with van der Waals surface area (Å²) in [6.07, 6.45) is 7.70. The van der Waals surface area contributed by atoms with Gasteiger partial charge in [-0.1, -0.05) is 24.3 Å². The van der Waals surface area contributed by atoms with E-state index >= 15 is 0 Å². The van der Waals surface area contributed by atoms with Crippen LogP contribution in [0.2, 0.25) is 0 Å². The first-order valence-corrected chi connectivity index (χ1v) is 11.3. The number of aliphatic hydroxyl groups excluding tert-OH is 1. The Balaban J connectivity index is 1.97. The third-order valence-electron chi connectivity index (χ3n) is 5.05. The summed E-state index contributed by atoms with van der Waals surface area (Å²) in [7, 11) is -3.47. The second kappa shape index (κ2) is 9.54. The van der Waals surface area contributed by atoms with Crippen molar-refractivity contribution >= 4 is 21.7 Å². The number of benzene rings is 1. The smallest absolute Gasteiger partial charge is 0.303 e. The molecule has 1 atom stereocenters. The molecule has 0 bridgehead atoms. The molecule has 0 heterocycles. The quantitative estimate of drug-likeness (QED) is 0.381. The molecule has 0 radical (unpaired) electrons. The summed E-state index contributed by atoms with van der Waals surface area (Å²) in [5, 5.41) is 29.2. The molecule has 28 heavy (non-hydrogen) atoms. The third kappa shape index (κ3) is 6.05. The number of carboxylic acid groups (broad SMARTS) is 1. The fourth-order valence-electron chi connectivity index (χ4n) is 3.23. The van der Waals surface area contributed by atoms with Gasteiger partial charge in [0.15, 0.2) is 0 Å². The minimum absolute atomic E-state index is 0.118. The topological polar surface area (TPSA) is 115 Å². The molecule has 0 aliphatic heterocycles. The lowest BCUT2D eigenvalue weighted by atomic mass is 9.74. The van der Waals surface area contributed by atoms with Crippen LogP contribution >= 0.6 is 0 Å². The van der Waals surface area contributed by atoms with Gasteiger partial charge in [0, 0.05) is 13.0 Å².